The van der Waals surface area contributed by atoms with Gasteiger partial charge in [0, 0.05) is 23.7 Å². The Kier molecular flexibility index (Phi) is 14.0. The van der Waals surface area contributed by atoms with E-state index in [4.69, 9.17) is 18.9 Å². The number of esters is 1. The number of hydrogen-bond donors (Lipinski definition) is 2. The van der Waals surface area contributed by atoms with Crippen molar-refractivity contribution in [1.29, 1.82) is 0 Å². The van der Waals surface area contributed by atoms with Crippen LogP contribution in [0.3, 0.4) is 0 Å². The van der Waals surface area contributed by atoms with Crippen LogP contribution in [-0.4, -0.2) is 72.6 Å². The number of rotatable bonds is 19. The summed E-state index contributed by atoms with van der Waals surface area (Å²) in [6, 6.07) is 18.6. The molecule has 238 valence electrons. The van der Waals surface area contributed by atoms with Crippen molar-refractivity contribution in [3.63, 3.8) is 0 Å². The van der Waals surface area contributed by atoms with Gasteiger partial charge in [-0.3, -0.25) is 4.79 Å². The zero-order valence-corrected chi connectivity index (χ0v) is 26.7. The van der Waals surface area contributed by atoms with Crippen LogP contribution in [0.5, 0.6) is 5.75 Å². The summed E-state index contributed by atoms with van der Waals surface area (Å²) in [7, 11) is 0. The fourth-order valence-electron chi connectivity index (χ4n) is 5.01. The van der Waals surface area contributed by atoms with E-state index in [1.165, 1.54) is 11.3 Å². The maximum Gasteiger partial charge on any atom is 0.309 e. The Hall–Kier alpha value is -2.91. The smallest absolute Gasteiger partial charge is 0.309 e. The Bertz CT molecular complexity index is 1240. The summed E-state index contributed by atoms with van der Waals surface area (Å²) in [6.07, 6.45) is -0.949. The van der Waals surface area contributed by atoms with E-state index in [1.54, 1.807) is 0 Å². The van der Waals surface area contributed by atoms with Crippen molar-refractivity contribution in [1.82, 2.24) is 4.57 Å². The van der Waals surface area contributed by atoms with Gasteiger partial charge in [0.1, 0.15) is 31.2 Å². The number of carbonyl (C=O) groups excluding carboxylic acids is 1. The van der Waals surface area contributed by atoms with E-state index in [2.05, 4.69) is 68.7 Å². The third-order valence-corrected chi connectivity index (χ3v) is 7.18. The second kappa shape index (κ2) is 17.4. The maximum absolute atomic E-state index is 12.4. The lowest BCUT2D eigenvalue weighted by Gasteiger charge is -2.22. The summed E-state index contributed by atoms with van der Waals surface area (Å²) in [6.45, 7) is 14.1. The molecule has 0 aliphatic carbocycles. The van der Waals surface area contributed by atoms with Gasteiger partial charge in [-0.1, -0.05) is 71.9 Å². The normalized spacial score (nSPS) is 14.0. The van der Waals surface area contributed by atoms with Crippen LogP contribution >= 0.6 is 0 Å². The zero-order chi connectivity index (χ0) is 31.4. The number of aromatic nitrogens is 1. The quantitative estimate of drug-likeness (QED) is 0.130. The molecule has 0 aliphatic rings. The van der Waals surface area contributed by atoms with Gasteiger partial charge < -0.3 is 33.7 Å². The molecule has 0 saturated heterocycles. The molecule has 2 N–H and O–H groups in total. The molecule has 0 saturated carbocycles. The summed E-state index contributed by atoms with van der Waals surface area (Å²) in [5.41, 5.74) is 3.44. The second-order valence-electron chi connectivity index (χ2n) is 12.5. The monoisotopic (exact) mass is 597 g/mol. The largest absolute Gasteiger partial charge is 0.491 e. The summed E-state index contributed by atoms with van der Waals surface area (Å²) in [4.78, 5) is 12.4. The highest BCUT2D eigenvalue weighted by Crippen LogP contribution is 2.31. The average Bonchev–Trinajstić information content (AvgIpc) is 3.32. The van der Waals surface area contributed by atoms with Gasteiger partial charge in [-0.05, 0) is 47.9 Å². The summed E-state index contributed by atoms with van der Waals surface area (Å²) in [5, 5.41) is 21.6. The Balaban J connectivity index is 1.38. The molecule has 8 nitrogen and oxygen atoms in total. The molecule has 0 bridgehead atoms. The van der Waals surface area contributed by atoms with Crippen molar-refractivity contribution in [3.05, 3.63) is 54.6 Å². The van der Waals surface area contributed by atoms with Crippen LogP contribution in [0.15, 0.2) is 54.6 Å². The van der Waals surface area contributed by atoms with Crippen LogP contribution in [0.25, 0.3) is 22.2 Å². The van der Waals surface area contributed by atoms with Crippen molar-refractivity contribution in [3.8, 4) is 17.0 Å². The fourth-order valence-corrected chi connectivity index (χ4v) is 5.01. The van der Waals surface area contributed by atoms with Gasteiger partial charge in [-0.25, -0.2) is 0 Å². The molecule has 2 aromatic carbocycles. The Morgan fingerprint density at radius 2 is 1.44 bits per heavy atom. The number of hydrogen-bond acceptors (Lipinski definition) is 7. The number of fused-ring (bicyclic) bond motifs is 1. The SMILES string of the molecule is CC(C)CC(C(=O)OCC(O)COCCOCC(O)COc1ccc2cc(-c3ccccc3)n(CC(C)C)c2c1)C(C)C. The van der Waals surface area contributed by atoms with Gasteiger partial charge in [-0.2, -0.15) is 0 Å². The molecular formula is C35H51NO7. The lowest BCUT2D eigenvalue weighted by Crippen LogP contribution is -2.30. The highest BCUT2D eigenvalue weighted by atomic mass is 16.6. The average molecular weight is 598 g/mol. The van der Waals surface area contributed by atoms with Gasteiger partial charge in [-0.15, -0.1) is 0 Å². The summed E-state index contributed by atoms with van der Waals surface area (Å²) < 4.78 is 24.5. The molecule has 43 heavy (non-hydrogen) atoms. The second-order valence-corrected chi connectivity index (χ2v) is 12.5. The van der Waals surface area contributed by atoms with Crippen molar-refractivity contribution < 1.29 is 34.0 Å². The highest BCUT2D eigenvalue weighted by molar-refractivity contribution is 5.88. The maximum atomic E-state index is 12.4. The van der Waals surface area contributed by atoms with Crippen molar-refractivity contribution >= 4 is 16.9 Å². The van der Waals surface area contributed by atoms with Crippen LogP contribution in [0.1, 0.15) is 48.0 Å². The minimum atomic E-state index is -0.905. The van der Waals surface area contributed by atoms with Gasteiger partial charge in [0.05, 0.1) is 37.9 Å². The van der Waals surface area contributed by atoms with E-state index in [0.29, 0.717) is 17.6 Å². The van der Waals surface area contributed by atoms with E-state index >= 15 is 0 Å². The fraction of sp³-hybridized carbons (Fsp3) is 0.571. The minimum Gasteiger partial charge on any atom is -0.491 e. The molecule has 1 aromatic heterocycles. The van der Waals surface area contributed by atoms with E-state index in [0.717, 1.165) is 23.9 Å². The Labute approximate surface area is 256 Å². The standard InChI is InChI=1S/C35H51NO7/c1-24(2)16-32(26(5)6)35(39)43-23-30(38)21-41-15-14-40-20-29(37)22-42-31-13-12-28-17-33(27-10-8-7-9-11-27)36(19-25(3)4)34(28)18-31/h7-13,17-18,24-26,29-30,32,37-38H,14-16,19-23H2,1-6H3. The summed E-state index contributed by atoms with van der Waals surface area (Å²) >= 11 is 0. The first-order chi connectivity index (χ1) is 20.5. The third kappa shape index (κ3) is 11.3. The predicted molar refractivity (Wildman–Crippen MR) is 170 cm³/mol. The minimum absolute atomic E-state index is 0.0336. The molecule has 3 rings (SSSR count). The first-order valence-corrected chi connectivity index (χ1v) is 15.5. The molecule has 3 aromatic rings. The van der Waals surface area contributed by atoms with E-state index in [1.807, 2.05) is 32.0 Å². The van der Waals surface area contributed by atoms with Crippen LogP contribution < -0.4 is 4.74 Å². The summed E-state index contributed by atoms with van der Waals surface area (Å²) in [5.74, 6) is 1.29. The number of nitrogens with zero attached hydrogens (tertiary/aromatic N) is 1. The number of aliphatic hydroxyl groups excluding tert-OH is 2. The van der Waals surface area contributed by atoms with Crippen LogP contribution in [-0.2, 0) is 25.5 Å². The van der Waals surface area contributed by atoms with Gasteiger partial charge in [0.15, 0.2) is 0 Å². The van der Waals surface area contributed by atoms with Crippen LogP contribution in [0.2, 0.25) is 0 Å². The van der Waals surface area contributed by atoms with Crippen molar-refractivity contribution in [2.24, 2.45) is 23.7 Å². The first kappa shape index (κ1) is 34.6. The first-order valence-electron chi connectivity index (χ1n) is 15.5. The number of aliphatic hydroxyl groups is 2. The van der Waals surface area contributed by atoms with Crippen molar-refractivity contribution in [2.45, 2.75) is 66.7 Å². The molecule has 8 heteroatoms. The Morgan fingerprint density at radius 3 is 2.05 bits per heavy atom. The number of benzene rings is 2. The lowest BCUT2D eigenvalue weighted by atomic mass is 9.88. The topological polar surface area (TPSA) is 99.4 Å². The van der Waals surface area contributed by atoms with Crippen LogP contribution in [0, 0.1) is 23.7 Å². The van der Waals surface area contributed by atoms with E-state index < -0.39 is 12.2 Å². The molecule has 0 spiro atoms. The van der Waals surface area contributed by atoms with E-state index in [-0.39, 0.29) is 57.4 Å². The van der Waals surface area contributed by atoms with Crippen LogP contribution in [0.4, 0.5) is 0 Å². The lowest BCUT2D eigenvalue weighted by molar-refractivity contribution is -0.155. The van der Waals surface area contributed by atoms with Gasteiger partial charge in [0.25, 0.3) is 0 Å². The van der Waals surface area contributed by atoms with Crippen molar-refractivity contribution in [2.75, 3.05) is 39.6 Å². The highest BCUT2D eigenvalue weighted by Gasteiger charge is 2.25. The molecule has 0 amide bonds. The van der Waals surface area contributed by atoms with E-state index in [9.17, 15) is 15.0 Å². The Morgan fingerprint density at radius 1 is 0.791 bits per heavy atom. The zero-order valence-electron chi connectivity index (χ0n) is 26.7. The molecule has 0 fully saturated rings. The predicted octanol–water partition coefficient (Wildman–Crippen LogP) is 5.96. The molecule has 0 radical (unpaired) electrons. The van der Waals surface area contributed by atoms with Gasteiger partial charge >= 0.3 is 5.97 Å². The molecule has 3 unspecified atom stereocenters. The molecule has 3 atom stereocenters. The number of ether oxygens (including phenoxy) is 4. The van der Waals surface area contributed by atoms with Gasteiger partial charge in [0.2, 0.25) is 0 Å². The molecular weight excluding hydrogens is 546 g/mol. The molecule has 0 aliphatic heterocycles. The number of carbonyl (C=O) groups is 1. The third-order valence-electron chi connectivity index (χ3n) is 7.18. The molecule has 1 heterocycles.